The highest BCUT2D eigenvalue weighted by Crippen LogP contribution is 2.15. The van der Waals surface area contributed by atoms with Crippen molar-refractivity contribution in [3.05, 3.63) is 66.1 Å². The van der Waals surface area contributed by atoms with Gasteiger partial charge in [0.15, 0.2) is 0 Å². The van der Waals surface area contributed by atoms with Crippen molar-refractivity contribution in [1.82, 2.24) is 20.5 Å². The molecule has 2 aromatic heterocycles. The van der Waals surface area contributed by atoms with Crippen molar-refractivity contribution >= 4 is 10.9 Å². The van der Waals surface area contributed by atoms with Gasteiger partial charge in [-0.05, 0) is 23.8 Å². The second-order valence-electron chi connectivity index (χ2n) is 4.31. The van der Waals surface area contributed by atoms with E-state index >= 15 is 0 Å². The van der Waals surface area contributed by atoms with Gasteiger partial charge in [-0.15, -0.1) is 0 Å². The third-order valence-corrected chi connectivity index (χ3v) is 2.97. The maximum Gasteiger partial charge on any atom is 0.0769 e. The lowest BCUT2D eigenvalue weighted by Gasteiger charge is -2.06. The van der Waals surface area contributed by atoms with Gasteiger partial charge < -0.3 is 5.32 Å². The summed E-state index contributed by atoms with van der Waals surface area (Å²) < 4.78 is 0. The molecular formula is C15H14N4. The van der Waals surface area contributed by atoms with Crippen LogP contribution in [0.3, 0.4) is 0 Å². The molecule has 0 atom stereocenters. The van der Waals surface area contributed by atoms with E-state index in [0.717, 1.165) is 17.8 Å². The van der Waals surface area contributed by atoms with Crippen molar-refractivity contribution in [3.63, 3.8) is 0 Å². The van der Waals surface area contributed by atoms with Crippen molar-refractivity contribution in [1.29, 1.82) is 0 Å². The van der Waals surface area contributed by atoms with Crippen LogP contribution in [0.25, 0.3) is 10.9 Å². The van der Waals surface area contributed by atoms with Gasteiger partial charge >= 0.3 is 0 Å². The number of benzene rings is 1. The van der Waals surface area contributed by atoms with Crippen LogP contribution in [-0.4, -0.2) is 15.2 Å². The average molecular weight is 250 g/mol. The zero-order valence-corrected chi connectivity index (χ0v) is 10.5. The van der Waals surface area contributed by atoms with E-state index in [1.807, 2.05) is 24.4 Å². The van der Waals surface area contributed by atoms with Gasteiger partial charge in [0.25, 0.3) is 0 Å². The molecule has 2 heterocycles. The zero-order valence-electron chi connectivity index (χ0n) is 10.5. The number of nitrogens with zero attached hydrogens (tertiary/aromatic N) is 3. The van der Waals surface area contributed by atoms with Crippen LogP contribution >= 0.6 is 0 Å². The first kappa shape index (κ1) is 11.7. The molecule has 3 rings (SSSR count). The highest BCUT2D eigenvalue weighted by molar-refractivity contribution is 5.81. The maximum atomic E-state index is 4.44. The third kappa shape index (κ3) is 2.74. The molecule has 0 saturated heterocycles. The Bertz CT molecular complexity index is 662. The van der Waals surface area contributed by atoms with E-state index in [1.54, 1.807) is 6.20 Å². The van der Waals surface area contributed by atoms with E-state index in [0.29, 0.717) is 6.54 Å². The molecule has 0 bridgehead atoms. The molecule has 0 spiro atoms. The van der Waals surface area contributed by atoms with Crippen molar-refractivity contribution < 1.29 is 0 Å². The zero-order chi connectivity index (χ0) is 12.9. The molecule has 0 aliphatic rings. The number of fused-ring (bicyclic) bond motifs is 1. The van der Waals surface area contributed by atoms with Crippen LogP contribution in [0.2, 0.25) is 0 Å². The van der Waals surface area contributed by atoms with Crippen LogP contribution in [0.15, 0.2) is 54.9 Å². The molecule has 0 saturated carbocycles. The molecule has 0 aliphatic heterocycles. The van der Waals surface area contributed by atoms with Crippen LogP contribution in [-0.2, 0) is 13.1 Å². The summed E-state index contributed by atoms with van der Waals surface area (Å²) in [5, 5.41) is 12.4. The first-order valence-corrected chi connectivity index (χ1v) is 6.23. The van der Waals surface area contributed by atoms with Crippen LogP contribution in [0, 0.1) is 0 Å². The van der Waals surface area contributed by atoms with Gasteiger partial charge in [0, 0.05) is 30.9 Å². The van der Waals surface area contributed by atoms with Crippen LogP contribution < -0.4 is 5.32 Å². The van der Waals surface area contributed by atoms with E-state index in [4.69, 9.17) is 0 Å². The molecule has 4 heteroatoms. The van der Waals surface area contributed by atoms with Gasteiger partial charge in [-0.2, -0.15) is 10.2 Å². The summed E-state index contributed by atoms with van der Waals surface area (Å²) in [6.45, 7) is 1.47. The molecule has 0 amide bonds. The minimum Gasteiger partial charge on any atom is -0.307 e. The van der Waals surface area contributed by atoms with Crippen molar-refractivity contribution in [2.24, 2.45) is 0 Å². The number of aromatic nitrogens is 3. The monoisotopic (exact) mass is 250 g/mol. The summed E-state index contributed by atoms with van der Waals surface area (Å²) >= 11 is 0. The predicted octanol–water partition coefficient (Wildman–Crippen LogP) is 2.31. The topological polar surface area (TPSA) is 50.7 Å². The highest BCUT2D eigenvalue weighted by atomic mass is 15.1. The molecule has 94 valence electrons. The fourth-order valence-corrected chi connectivity index (χ4v) is 2.06. The number of pyridine rings is 1. The van der Waals surface area contributed by atoms with Crippen LogP contribution in [0.5, 0.6) is 0 Å². The highest BCUT2D eigenvalue weighted by Gasteiger charge is 2.01. The van der Waals surface area contributed by atoms with Gasteiger partial charge in [-0.3, -0.25) is 4.98 Å². The summed E-state index contributed by atoms with van der Waals surface area (Å²) in [4.78, 5) is 4.44. The Labute approximate surface area is 111 Å². The first-order valence-electron chi connectivity index (χ1n) is 6.23. The number of nitrogens with one attached hydrogen (secondary N) is 1. The smallest absolute Gasteiger partial charge is 0.0769 e. The van der Waals surface area contributed by atoms with E-state index in [1.165, 1.54) is 10.9 Å². The fraction of sp³-hybridized carbons (Fsp3) is 0.133. The standard InChI is InChI=1S/C15H14N4/c1-4-12-6-2-8-17-15(12)13(5-1)10-16-11-14-7-3-9-18-19-14/h1-9,16H,10-11H2. The third-order valence-electron chi connectivity index (χ3n) is 2.97. The van der Waals surface area contributed by atoms with E-state index in [9.17, 15) is 0 Å². The fourth-order valence-electron chi connectivity index (χ4n) is 2.06. The summed E-state index contributed by atoms with van der Waals surface area (Å²) in [6.07, 6.45) is 3.51. The summed E-state index contributed by atoms with van der Waals surface area (Å²) in [5.74, 6) is 0. The molecule has 3 aromatic rings. The molecule has 0 aliphatic carbocycles. The van der Waals surface area contributed by atoms with Gasteiger partial charge in [-0.25, -0.2) is 0 Å². The Morgan fingerprint density at radius 3 is 2.68 bits per heavy atom. The summed E-state index contributed by atoms with van der Waals surface area (Å²) in [6, 6.07) is 14.1. The lowest BCUT2D eigenvalue weighted by molar-refractivity contribution is 0.672. The molecular weight excluding hydrogens is 236 g/mol. The Morgan fingerprint density at radius 1 is 0.895 bits per heavy atom. The van der Waals surface area contributed by atoms with E-state index < -0.39 is 0 Å². The van der Waals surface area contributed by atoms with Gasteiger partial charge in [0.1, 0.15) is 0 Å². The Balaban J connectivity index is 1.72. The Hall–Kier alpha value is -2.33. The minimum atomic E-state index is 0.705. The predicted molar refractivity (Wildman–Crippen MR) is 74.3 cm³/mol. The van der Waals surface area contributed by atoms with E-state index in [-0.39, 0.29) is 0 Å². The lowest BCUT2D eigenvalue weighted by Crippen LogP contribution is -2.14. The van der Waals surface area contributed by atoms with E-state index in [2.05, 4.69) is 44.8 Å². The Kier molecular flexibility index (Phi) is 3.42. The average Bonchev–Trinajstić information content (AvgIpc) is 2.49. The summed E-state index contributed by atoms with van der Waals surface area (Å²) in [5.41, 5.74) is 3.19. The molecule has 0 radical (unpaired) electrons. The number of hydrogen-bond donors (Lipinski definition) is 1. The van der Waals surface area contributed by atoms with Gasteiger partial charge in [0.2, 0.25) is 0 Å². The van der Waals surface area contributed by atoms with Crippen LogP contribution in [0.1, 0.15) is 11.3 Å². The number of hydrogen-bond acceptors (Lipinski definition) is 4. The van der Waals surface area contributed by atoms with Crippen molar-refractivity contribution in [2.75, 3.05) is 0 Å². The second-order valence-corrected chi connectivity index (χ2v) is 4.31. The second kappa shape index (κ2) is 5.54. The van der Waals surface area contributed by atoms with Gasteiger partial charge in [0.05, 0.1) is 11.2 Å². The lowest BCUT2D eigenvalue weighted by atomic mass is 10.1. The molecule has 4 nitrogen and oxygen atoms in total. The van der Waals surface area contributed by atoms with Crippen LogP contribution in [0.4, 0.5) is 0 Å². The summed E-state index contributed by atoms with van der Waals surface area (Å²) in [7, 11) is 0. The largest absolute Gasteiger partial charge is 0.307 e. The molecule has 1 N–H and O–H groups in total. The molecule has 1 aromatic carbocycles. The Morgan fingerprint density at radius 2 is 1.79 bits per heavy atom. The molecule has 0 unspecified atom stereocenters. The normalized spacial score (nSPS) is 10.7. The quantitative estimate of drug-likeness (QED) is 0.772. The minimum absolute atomic E-state index is 0.705. The SMILES string of the molecule is c1cnnc(CNCc2cccc3cccnc23)c1. The van der Waals surface area contributed by atoms with Gasteiger partial charge in [-0.1, -0.05) is 24.3 Å². The maximum absolute atomic E-state index is 4.44. The number of para-hydroxylation sites is 1. The molecule has 19 heavy (non-hydrogen) atoms. The molecule has 0 fully saturated rings. The first-order chi connectivity index (χ1) is 9.43. The van der Waals surface area contributed by atoms with Crippen molar-refractivity contribution in [2.45, 2.75) is 13.1 Å². The number of rotatable bonds is 4. The van der Waals surface area contributed by atoms with Crippen molar-refractivity contribution in [3.8, 4) is 0 Å².